The number of carbonyl (C=O) groups is 2. The van der Waals surface area contributed by atoms with Gasteiger partial charge >= 0.3 is 0 Å². The Morgan fingerprint density at radius 1 is 1.21 bits per heavy atom. The van der Waals surface area contributed by atoms with Gasteiger partial charge in [0.15, 0.2) is 6.10 Å². The third kappa shape index (κ3) is 2.87. The van der Waals surface area contributed by atoms with E-state index in [-0.39, 0.29) is 29.5 Å². The molecule has 3 fully saturated rings. The molecule has 3 aliphatic rings. The van der Waals surface area contributed by atoms with Crippen molar-refractivity contribution in [3.8, 4) is 0 Å². The number of aromatic nitrogens is 1. The fourth-order valence-corrected chi connectivity index (χ4v) is 5.42. The van der Waals surface area contributed by atoms with Crippen molar-refractivity contribution in [1.82, 2.24) is 14.8 Å². The van der Waals surface area contributed by atoms with E-state index in [1.165, 1.54) is 0 Å². The highest BCUT2D eigenvalue weighted by molar-refractivity contribution is 5.98. The lowest BCUT2D eigenvalue weighted by Crippen LogP contribution is -2.79. The van der Waals surface area contributed by atoms with Gasteiger partial charge in [-0.3, -0.25) is 9.59 Å². The molecule has 1 N–H and O–H groups in total. The smallest absolute Gasteiger partial charge is 0.254 e. The number of amides is 2. The molecule has 1 aromatic carbocycles. The molecule has 2 aromatic rings. The molecule has 1 aromatic heterocycles. The average molecular weight is 397 g/mol. The highest BCUT2D eigenvalue weighted by Gasteiger charge is 2.62. The van der Waals surface area contributed by atoms with Gasteiger partial charge in [0.05, 0.1) is 5.54 Å². The van der Waals surface area contributed by atoms with Gasteiger partial charge in [-0.05, 0) is 49.9 Å². The fourth-order valence-electron chi connectivity index (χ4n) is 5.42. The van der Waals surface area contributed by atoms with Crippen molar-refractivity contribution in [2.24, 2.45) is 0 Å². The van der Waals surface area contributed by atoms with Crippen LogP contribution in [0.5, 0.6) is 0 Å². The normalized spacial score (nSPS) is 24.9. The number of methoxy groups -OCH3 is 1. The van der Waals surface area contributed by atoms with Gasteiger partial charge in [0, 0.05) is 62.1 Å². The second kappa shape index (κ2) is 7.15. The van der Waals surface area contributed by atoms with E-state index in [0.717, 1.165) is 42.1 Å². The van der Waals surface area contributed by atoms with Crippen LogP contribution in [0.25, 0.3) is 10.9 Å². The van der Waals surface area contributed by atoms with E-state index in [1.54, 1.807) is 7.11 Å². The van der Waals surface area contributed by atoms with Gasteiger partial charge in [0.25, 0.3) is 11.8 Å². The Morgan fingerprint density at radius 3 is 2.69 bits per heavy atom. The van der Waals surface area contributed by atoms with Crippen molar-refractivity contribution in [3.63, 3.8) is 0 Å². The molecular formula is C22H27N3O4. The van der Waals surface area contributed by atoms with Crippen molar-refractivity contribution in [2.45, 2.75) is 43.4 Å². The number of rotatable bonds is 3. The first-order chi connectivity index (χ1) is 14.1. The Hall–Kier alpha value is -2.38. The van der Waals surface area contributed by atoms with Crippen LogP contribution in [-0.2, 0) is 14.3 Å². The molecule has 4 heterocycles. The molecule has 7 nitrogen and oxygen atoms in total. The van der Waals surface area contributed by atoms with E-state index >= 15 is 0 Å². The van der Waals surface area contributed by atoms with Crippen LogP contribution < -0.4 is 0 Å². The van der Waals surface area contributed by atoms with Crippen LogP contribution in [0.15, 0.2) is 30.5 Å². The predicted molar refractivity (Wildman–Crippen MR) is 108 cm³/mol. The van der Waals surface area contributed by atoms with Crippen LogP contribution >= 0.6 is 0 Å². The summed E-state index contributed by atoms with van der Waals surface area (Å²) < 4.78 is 11.1. The summed E-state index contributed by atoms with van der Waals surface area (Å²) in [5, 5.41) is 1.05. The van der Waals surface area contributed by atoms with E-state index in [4.69, 9.17) is 9.47 Å². The zero-order valence-electron chi connectivity index (χ0n) is 16.7. The van der Waals surface area contributed by atoms with Gasteiger partial charge in [-0.1, -0.05) is 0 Å². The lowest BCUT2D eigenvalue weighted by Gasteiger charge is -2.61. The summed E-state index contributed by atoms with van der Waals surface area (Å²) in [6, 6.07) is 7.93. The summed E-state index contributed by atoms with van der Waals surface area (Å²) in [4.78, 5) is 32.9. The number of fused-ring (bicyclic) bond motifs is 1. The minimum absolute atomic E-state index is 0.0667. The third-order valence-corrected chi connectivity index (χ3v) is 6.94. The Kier molecular flexibility index (Phi) is 4.59. The average Bonchev–Trinajstić information content (AvgIpc) is 3.23. The maximum atomic E-state index is 13.0. The molecule has 3 saturated heterocycles. The number of benzene rings is 1. The van der Waals surface area contributed by atoms with Crippen LogP contribution in [0.3, 0.4) is 0 Å². The third-order valence-electron chi connectivity index (χ3n) is 6.94. The van der Waals surface area contributed by atoms with E-state index in [1.807, 2.05) is 35.4 Å². The van der Waals surface area contributed by atoms with Crippen LogP contribution in [0.4, 0.5) is 0 Å². The second-order valence-corrected chi connectivity index (χ2v) is 8.34. The number of ether oxygens (including phenoxy) is 2. The number of piperidine rings is 1. The number of likely N-dealkylation sites (tertiary alicyclic amines) is 2. The van der Waals surface area contributed by atoms with Crippen LogP contribution in [-0.4, -0.2) is 77.7 Å². The molecule has 0 radical (unpaired) electrons. The van der Waals surface area contributed by atoms with Crippen molar-refractivity contribution < 1.29 is 19.1 Å². The van der Waals surface area contributed by atoms with E-state index in [2.05, 4.69) is 9.88 Å². The molecule has 2 amide bonds. The summed E-state index contributed by atoms with van der Waals surface area (Å²) in [7, 11) is 1.62. The van der Waals surface area contributed by atoms with Crippen molar-refractivity contribution >= 4 is 22.7 Å². The molecule has 1 atom stereocenters. The lowest BCUT2D eigenvalue weighted by atomic mass is 9.72. The molecule has 5 rings (SSSR count). The number of aromatic amines is 1. The van der Waals surface area contributed by atoms with E-state index < -0.39 is 0 Å². The molecule has 154 valence electrons. The first kappa shape index (κ1) is 18.6. The zero-order valence-corrected chi connectivity index (χ0v) is 16.7. The number of hydrogen-bond donors (Lipinski definition) is 1. The molecule has 7 heteroatoms. The molecule has 1 unspecified atom stereocenters. The summed E-state index contributed by atoms with van der Waals surface area (Å²) in [5.74, 6) is 0.161. The Bertz CT molecular complexity index is 925. The van der Waals surface area contributed by atoms with Gasteiger partial charge in [-0.2, -0.15) is 0 Å². The SMILES string of the molecule is COC1C(=O)N(C2CCN(C(=O)c3ccc4[nH]ccc4c3)CC2)C12CCOCC2. The highest BCUT2D eigenvalue weighted by atomic mass is 16.5. The summed E-state index contributed by atoms with van der Waals surface area (Å²) >= 11 is 0. The number of β-lactam (4-membered cyclic amide) rings is 1. The first-order valence-electron chi connectivity index (χ1n) is 10.4. The second-order valence-electron chi connectivity index (χ2n) is 8.34. The van der Waals surface area contributed by atoms with Gasteiger partial charge in [0.2, 0.25) is 0 Å². The molecule has 29 heavy (non-hydrogen) atoms. The Labute approximate surface area is 169 Å². The van der Waals surface area contributed by atoms with E-state index in [9.17, 15) is 9.59 Å². The monoisotopic (exact) mass is 397 g/mol. The molecule has 0 saturated carbocycles. The minimum atomic E-state index is -0.348. The quantitative estimate of drug-likeness (QED) is 0.806. The van der Waals surface area contributed by atoms with Crippen LogP contribution in [0, 0.1) is 0 Å². The Morgan fingerprint density at radius 2 is 1.97 bits per heavy atom. The maximum Gasteiger partial charge on any atom is 0.254 e. The van der Waals surface area contributed by atoms with E-state index in [0.29, 0.717) is 26.3 Å². The van der Waals surface area contributed by atoms with Gasteiger partial charge in [-0.25, -0.2) is 0 Å². The van der Waals surface area contributed by atoms with Gasteiger partial charge in [-0.15, -0.1) is 0 Å². The lowest BCUT2D eigenvalue weighted by molar-refractivity contribution is -0.213. The Balaban J connectivity index is 1.27. The molecule has 0 bridgehead atoms. The van der Waals surface area contributed by atoms with Crippen molar-refractivity contribution in [3.05, 3.63) is 36.0 Å². The van der Waals surface area contributed by atoms with Crippen LogP contribution in [0.2, 0.25) is 0 Å². The fraction of sp³-hybridized carbons (Fsp3) is 0.545. The number of H-pyrrole nitrogens is 1. The standard InChI is InChI=1S/C22H27N3O4/c1-28-19-21(27)25(22(19)7-12-29-13-8-22)17-5-10-24(11-6-17)20(26)16-2-3-18-15(14-16)4-9-23-18/h2-4,9,14,17,19,23H,5-8,10-13H2,1H3. The number of hydrogen-bond acceptors (Lipinski definition) is 4. The topological polar surface area (TPSA) is 74.9 Å². The zero-order chi connectivity index (χ0) is 20.0. The molecule has 1 spiro atoms. The number of nitrogens with one attached hydrogen (secondary N) is 1. The molecular weight excluding hydrogens is 370 g/mol. The summed E-state index contributed by atoms with van der Waals surface area (Å²) in [6.45, 7) is 2.68. The van der Waals surface area contributed by atoms with Crippen molar-refractivity contribution in [1.29, 1.82) is 0 Å². The number of nitrogens with zero attached hydrogens (tertiary/aromatic N) is 2. The molecule has 0 aliphatic carbocycles. The molecule has 3 aliphatic heterocycles. The van der Waals surface area contributed by atoms with Crippen LogP contribution in [0.1, 0.15) is 36.0 Å². The highest BCUT2D eigenvalue weighted by Crippen LogP contribution is 2.45. The largest absolute Gasteiger partial charge is 0.381 e. The predicted octanol–water partition coefficient (Wildman–Crippen LogP) is 2.18. The summed E-state index contributed by atoms with van der Waals surface area (Å²) in [6.07, 6.45) is 4.80. The first-order valence-corrected chi connectivity index (χ1v) is 10.4. The maximum absolute atomic E-state index is 13.0. The van der Waals surface area contributed by atoms with Gasteiger partial charge in [0.1, 0.15) is 0 Å². The summed E-state index contributed by atoms with van der Waals surface area (Å²) in [5.41, 5.74) is 1.53. The van der Waals surface area contributed by atoms with Crippen molar-refractivity contribution in [2.75, 3.05) is 33.4 Å². The van der Waals surface area contributed by atoms with Gasteiger partial charge < -0.3 is 24.3 Å². The number of carbonyl (C=O) groups excluding carboxylic acids is 2. The minimum Gasteiger partial charge on any atom is -0.381 e.